The van der Waals surface area contributed by atoms with Crippen molar-refractivity contribution in [2.75, 3.05) is 19.5 Å². The smallest absolute Gasteiger partial charge is 0.330 e. The van der Waals surface area contributed by atoms with Crippen LogP contribution >= 0.6 is 11.8 Å². The summed E-state index contributed by atoms with van der Waals surface area (Å²) in [4.78, 5) is 12.8. The molecule has 1 aromatic rings. The lowest BCUT2D eigenvalue weighted by atomic mass is 10.1. The Morgan fingerprint density at radius 1 is 1.40 bits per heavy atom. The van der Waals surface area contributed by atoms with Crippen molar-refractivity contribution in [3.63, 3.8) is 0 Å². The highest BCUT2D eigenvalue weighted by Crippen LogP contribution is 2.16. The van der Waals surface area contributed by atoms with E-state index in [4.69, 9.17) is 9.47 Å². The van der Waals surface area contributed by atoms with Crippen LogP contribution in [0.25, 0.3) is 6.08 Å². The van der Waals surface area contributed by atoms with Crippen LogP contribution < -0.4 is 0 Å². The highest BCUT2D eigenvalue weighted by Gasteiger charge is 2.14. The molecule has 1 heterocycles. The molecule has 0 aliphatic carbocycles. The topological polar surface area (TPSA) is 35.5 Å². The predicted molar refractivity (Wildman–Crippen MR) is 81.8 cm³/mol. The second-order valence-electron chi connectivity index (χ2n) is 4.73. The number of rotatable bonds is 5. The number of hydrogen-bond donors (Lipinski definition) is 0. The van der Waals surface area contributed by atoms with Gasteiger partial charge in [0.1, 0.15) is 6.61 Å². The maximum Gasteiger partial charge on any atom is 0.330 e. The molecular formula is C16H20O3S. The maximum absolute atomic E-state index is 11.6. The van der Waals surface area contributed by atoms with E-state index in [9.17, 15) is 4.79 Å². The third-order valence-electron chi connectivity index (χ3n) is 3.21. The number of ether oxygens (including phenoxy) is 2. The van der Waals surface area contributed by atoms with Gasteiger partial charge in [0.15, 0.2) is 0 Å². The molecule has 0 spiro atoms. The number of hydrogen-bond acceptors (Lipinski definition) is 4. The predicted octanol–water partition coefficient (Wildman–Crippen LogP) is 3.53. The molecule has 1 aromatic carbocycles. The van der Waals surface area contributed by atoms with E-state index in [0.717, 1.165) is 31.4 Å². The summed E-state index contributed by atoms with van der Waals surface area (Å²) in [6, 6.07) is 8.04. The summed E-state index contributed by atoms with van der Waals surface area (Å²) in [6.45, 7) is 1.13. The van der Waals surface area contributed by atoms with Crippen molar-refractivity contribution in [3.8, 4) is 0 Å². The summed E-state index contributed by atoms with van der Waals surface area (Å²) in [7, 11) is 0. The third kappa shape index (κ3) is 5.02. The Labute approximate surface area is 124 Å². The Kier molecular flexibility index (Phi) is 6.15. The molecule has 0 aromatic heterocycles. The molecule has 0 radical (unpaired) electrons. The standard InChI is InChI=1S/C16H20O3S/c1-20-15-8-5-13(6-9-15)7-10-16(17)19-12-14-4-2-3-11-18-14/h5-10,14H,2-4,11-12H2,1H3/b10-7+. The fourth-order valence-electron chi connectivity index (χ4n) is 2.04. The summed E-state index contributed by atoms with van der Waals surface area (Å²) in [5.74, 6) is -0.312. The molecular weight excluding hydrogens is 272 g/mol. The second kappa shape index (κ2) is 8.12. The fraction of sp³-hybridized carbons (Fsp3) is 0.438. The summed E-state index contributed by atoms with van der Waals surface area (Å²) in [6.07, 6.45) is 8.59. The van der Waals surface area contributed by atoms with Gasteiger partial charge in [0.25, 0.3) is 0 Å². The summed E-state index contributed by atoms with van der Waals surface area (Å²) in [5.41, 5.74) is 0.994. The van der Waals surface area contributed by atoms with E-state index in [1.54, 1.807) is 17.8 Å². The van der Waals surface area contributed by atoms with E-state index in [-0.39, 0.29) is 12.1 Å². The number of benzene rings is 1. The van der Waals surface area contributed by atoms with Gasteiger partial charge in [0.2, 0.25) is 0 Å². The molecule has 1 aliphatic rings. The molecule has 0 N–H and O–H groups in total. The zero-order valence-electron chi connectivity index (χ0n) is 11.7. The minimum absolute atomic E-state index is 0.0713. The lowest BCUT2D eigenvalue weighted by Gasteiger charge is -2.21. The van der Waals surface area contributed by atoms with E-state index in [1.165, 1.54) is 11.0 Å². The van der Waals surface area contributed by atoms with Gasteiger partial charge in [0.05, 0.1) is 6.10 Å². The van der Waals surface area contributed by atoms with Crippen molar-refractivity contribution in [3.05, 3.63) is 35.9 Å². The van der Waals surface area contributed by atoms with Gasteiger partial charge in [-0.3, -0.25) is 0 Å². The van der Waals surface area contributed by atoms with Gasteiger partial charge in [-0.1, -0.05) is 12.1 Å². The fourth-order valence-corrected chi connectivity index (χ4v) is 2.45. The van der Waals surface area contributed by atoms with Gasteiger partial charge >= 0.3 is 5.97 Å². The number of carbonyl (C=O) groups is 1. The Morgan fingerprint density at radius 3 is 2.85 bits per heavy atom. The number of esters is 1. The van der Waals surface area contributed by atoms with Crippen LogP contribution in [0.2, 0.25) is 0 Å². The average Bonchev–Trinajstić information content (AvgIpc) is 2.52. The monoisotopic (exact) mass is 292 g/mol. The minimum atomic E-state index is -0.312. The molecule has 0 amide bonds. The van der Waals surface area contributed by atoms with Crippen LogP contribution in [0.4, 0.5) is 0 Å². The molecule has 1 saturated heterocycles. The van der Waals surface area contributed by atoms with Crippen LogP contribution in [-0.4, -0.2) is 31.5 Å². The van der Waals surface area contributed by atoms with Crippen LogP contribution in [0.1, 0.15) is 24.8 Å². The lowest BCUT2D eigenvalue weighted by molar-refractivity contribution is -0.143. The second-order valence-corrected chi connectivity index (χ2v) is 5.60. The molecule has 3 nitrogen and oxygen atoms in total. The van der Waals surface area contributed by atoms with Crippen LogP contribution in [-0.2, 0) is 14.3 Å². The van der Waals surface area contributed by atoms with Crippen LogP contribution in [0.15, 0.2) is 35.2 Å². The van der Waals surface area contributed by atoms with Gasteiger partial charge in [-0.25, -0.2) is 4.79 Å². The normalized spacial score (nSPS) is 19.1. The third-order valence-corrected chi connectivity index (χ3v) is 3.96. The molecule has 108 valence electrons. The van der Waals surface area contributed by atoms with Crippen LogP contribution in [0.5, 0.6) is 0 Å². The molecule has 1 fully saturated rings. The summed E-state index contributed by atoms with van der Waals surface area (Å²) in [5, 5.41) is 0. The first kappa shape index (κ1) is 15.1. The first-order chi connectivity index (χ1) is 9.78. The largest absolute Gasteiger partial charge is 0.460 e. The Hall–Kier alpha value is -1.26. The first-order valence-electron chi connectivity index (χ1n) is 6.88. The van der Waals surface area contributed by atoms with Crippen molar-refractivity contribution >= 4 is 23.8 Å². The van der Waals surface area contributed by atoms with Crippen molar-refractivity contribution in [1.82, 2.24) is 0 Å². The molecule has 0 bridgehead atoms. The van der Waals surface area contributed by atoms with E-state index in [0.29, 0.717) is 6.61 Å². The SMILES string of the molecule is CSc1ccc(/C=C/C(=O)OCC2CCCCO2)cc1. The van der Waals surface area contributed by atoms with Crippen molar-refractivity contribution in [2.45, 2.75) is 30.3 Å². The lowest BCUT2D eigenvalue weighted by Crippen LogP contribution is -2.25. The van der Waals surface area contributed by atoms with Gasteiger partial charge < -0.3 is 9.47 Å². The van der Waals surface area contributed by atoms with Gasteiger partial charge in [-0.2, -0.15) is 0 Å². The highest BCUT2D eigenvalue weighted by atomic mass is 32.2. The minimum Gasteiger partial charge on any atom is -0.460 e. The molecule has 1 unspecified atom stereocenters. The summed E-state index contributed by atoms with van der Waals surface area (Å²) < 4.78 is 10.7. The molecule has 1 atom stereocenters. The van der Waals surface area contributed by atoms with E-state index in [1.807, 2.05) is 30.5 Å². The molecule has 0 saturated carbocycles. The van der Waals surface area contributed by atoms with Crippen LogP contribution in [0.3, 0.4) is 0 Å². The Balaban J connectivity index is 1.76. The van der Waals surface area contributed by atoms with Crippen molar-refractivity contribution in [1.29, 1.82) is 0 Å². The molecule has 2 rings (SSSR count). The molecule has 20 heavy (non-hydrogen) atoms. The Bertz CT molecular complexity index is 447. The van der Waals surface area contributed by atoms with Crippen molar-refractivity contribution < 1.29 is 14.3 Å². The average molecular weight is 292 g/mol. The van der Waals surface area contributed by atoms with Gasteiger partial charge in [0, 0.05) is 17.6 Å². The highest BCUT2D eigenvalue weighted by molar-refractivity contribution is 7.98. The van der Waals surface area contributed by atoms with E-state index in [2.05, 4.69) is 0 Å². The van der Waals surface area contributed by atoms with Gasteiger partial charge in [-0.15, -0.1) is 11.8 Å². The summed E-state index contributed by atoms with van der Waals surface area (Å²) >= 11 is 1.70. The quantitative estimate of drug-likeness (QED) is 0.472. The van der Waals surface area contributed by atoms with Crippen LogP contribution in [0, 0.1) is 0 Å². The Morgan fingerprint density at radius 2 is 2.20 bits per heavy atom. The number of thioether (sulfide) groups is 1. The first-order valence-corrected chi connectivity index (χ1v) is 8.11. The number of carbonyl (C=O) groups excluding carboxylic acids is 1. The van der Waals surface area contributed by atoms with E-state index >= 15 is 0 Å². The molecule has 4 heteroatoms. The molecule has 1 aliphatic heterocycles. The van der Waals surface area contributed by atoms with Gasteiger partial charge in [-0.05, 0) is 49.3 Å². The maximum atomic E-state index is 11.6. The van der Waals surface area contributed by atoms with Crippen molar-refractivity contribution in [2.24, 2.45) is 0 Å². The zero-order valence-corrected chi connectivity index (χ0v) is 12.5. The zero-order chi connectivity index (χ0) is 14.2. The van der Waals surface area contributed by atoms with E-state index < -0.39 is 0 Å².